The quantitative estimate of drug-likeness (QED) is 0.143. The van der Waals surface area contributed by atoms with Crippen LogP contribution in [-0.2, 0) is 0 Å². The van der Waals surface area contributed by atoms with Gasteiger partial charge in [0.2, 0.25) is 0 Å². The summed E-state index contributed by atoms with van der Waals surface area (Å²) in [6.45, 7) is 13.2. The number of rotatable bonds is 8. The number of benzene rings is 10. The highest BCUT2D eigenvalue weighted by atomic mass is 15.0. The maximum Gasteiger partial charge on any atom is 0.197 e. The molecule has 0 aliphatic heterocycles. The van der Waals surface area contributed by atoms with Crippen LogP contribution in [0.5, 0.6) is 0 Å². The lowest BCUT2D eigenvalue weighted by molar-refractivity contribution is 1.07. The van der Waals surface area contributed by atoms with Crippen molar-refractivity contribution >= 4 is 49.3 Å². The number of fused-ring (bicyclic) bond motifs is 6. The highest BCUT2D eigenvalue weighted by Gasteiger charge is 2.25. The Kier molecular flexibility index (Phi) is 10.2. The Bertz CT molecular complexity index is 4250. The lowest BCUT2D eigenvalue weighted by Crippen LogP contribution is -2.04. The van der Waals surface area contributed by atoms with Gasteiger partial charge in [-0.2, -0.15) is 0 Å². The van der Waals surface area contributed by atoms with E-state index in [9.17, 15) is 0 Å². The summed E-state index contributed by atoms with van der Waals surface area (Å²) in [7, 11) is 0. The molecule has 0 amide bonds. The summed E-state index contributed by atoms with van der Waals surface area (Å²) >= 11 is 0. The minimum Gasteiger partial charge on any atom is -0.310 e. The Labute approximate surface area is 417 Å². The number of nitrogens with zero attached hydrogens (tertiary/aromatic N) is 6. The molecule has 0 N–H and O–H groups in total. The van der Waals surface area contributed by atoms with Gasteiger partial charge in [0.25, 0.3) is 0 Å². The second kappa shape index (κ2) is 17.4. The lowest BCUT2D eigenvalue weighted by Gasteiger charge is -2.21. The molecule has 6 nitrogen and oxygen atoms in total. The third kappa shape index (κ3) is 7.06. The molecular formula is C66H44N6. The van der Waals surface area contributed by atoms with E-state index >= 15 is 0 Å². The van der Waals surface area contributed by atoms with E-state index in [1.54, 1.807) is 0 Å². The van der Waals surface area contributed by atoms with E-state index in [4.69, 9.17) is 21.5 Å². The van der Waals surface area contributed by atoms with Gasteiger partial charge in [-0.25, -0.2) is 19.8 Å². The average molecular weight is 921 g/mol. The van der Waals surface area contributed by atoms with E-state index < -0.39 is 0 Å². The van der Waals surface area contributed by atoms with Crippen molar-refractivity contribution in [1.82, 2.24) is 24.1 Å². The van der Waals surface area contributed by atoms with Gasteiger partial charge in [0.05, 0.1) is 34.3 Å². The molecule has 0 aliphatic carbocycles. The van der Waals surface area contributed by atoms with Gasteiger partial charge in [-0.05, 0) is 113 Å². The summed E-state index contributed by atoms with van der Waals surface area (Å²) in [5, 5.41) is 4.55. The molecule has 338 valence electrons. The second-order valence-corrected chi connectivity index (χ2v) is 18.4. The minimum absolute atomic E-state index is 0.529. The molecular weight excluding hydrogens is 877 g/mol. The van der Waals surface area contributed by atoms with Crippen LogP contribution in [0.3, 0.4) is 0 Å². The Hall–Kier alpha value is -9.70. The average Bonchev–Trinajstić information content (AvgIpc) is 3.95. The van der Waals surface area contributed by atoms with Gasteiger partial charge < -0.3 is 9.13 Å². The summed E-state index contributed by atoms with van der Waals surface area (Å²) in [4.78, 5) is 19.8. The highest BCUT2D eigenvalue weighted by molar-refractivity contribution is 6.13. The molecule has 0 saturated heterocycles. The smallest absolute Gasteiger partial charge is 0.197 e. The zero-order valence-electron chi connectivity index (χ0n) is 39.6. The Morgan fingerprint density at radius 1 is 0.333 bits per heavy atom. The predicted molar refractivity (Wildman–Crippen MR) is 297 cm³/mol. The van der Waals surface area contributed by atoms with Gasteiger partial charge in [0.15, 0.2) is 23.2 Å². The first-order valence-electron chi connectivity index (χ1n) is 24.2. The SMILES string of the molecule is [C-]#[N+]c1cccc(-n2c3ccccc3c3cc(-c4ccccc4C)ccc32)c1-c1cc(-c2nc(-c3ccccc3)nc(-c3ccccc3)n2)ccc1-n1c2ccccc2c2cc(-c3ccccc3C)ccc21. The third-order valence-electron chi connectivity index (χ3n) is 14.1. The van der Waals surface area contributed by atoms with Gasteiger partial charge in [0, 0.05) is 49.5 Å². The van der Waals surface area contributed by atoms with E-state index in [2.05, 4.69) is 186 Å². The monoisotopic (exact) mass is 920 g/mol. The molecule has 0 unspecified atom stereocenters. The number of aryl methyl sites for hydroxylation is 2. The van der Waals surface area contributed by atoms with E-state index in [-0.39, 0.29) is 0 Å². The first-order valence-corrected chi connectivity index (χ1v) is 24.2. The summed E-state index contributed by atoms with van der Waals surface area (Å²) in [5.41, 5.74) is 18.0. The molecule has 3 aromatic heterocycles. The number of aromatic nitrogens is 5. The zero-order chi connectivity index (χ0) is 48.3. The van der Waals surface area contributed by atoms with Crippen molar-refractivity contribution in [2.24, 2.45) is 0 Å². The van der Waals surface area contributed by atoms with Crippen LogP contribution in [0.1, 0.15) is 11.1 Å². The number of hydrogen-bond donors (Lipinski definition) is 0. The van der Waals surface area contributed by atoms with Crippen molar-refractivity contribution < 1.29 is 0 Å². The predicted octanol–water partition coefficient (Wildman–Crippen LogP) is 17.2. The van der Waals surface area contributed by atoms with Crippen molar-refractivity contribution in [3.8, 4) is 78.9 Å². The van der Waals surface area contributed by atoms with Crippen LogP contribution in [-0.4, -0.2) is 24.1 Å². The minimum atomic E-state index is 0.529. The molecule has 0 atom stereocenters. The molecule has 10 aromatic carbocycles. The maximum absolute atomic E-state index is 8.90. The Morgan fingerprint density at radius 2 is 0.778 bits per heavy atom. The van der Waals surface area contributed by atoms with Crippen molar-refractivity contribution in [3.63, 3.8) is 0 Å². The molecule has 0 fully saturated rings. The molecule has 6 heteroatoms. The molecule has 0 saturated carbocycles. The fourth-order valence-electron chi connectivity index (χ4n) is 10.7. The van der Waals surface area contributed by atoms with Gasteiger partial charge in [-0.15, -0.1) is 0 Å². The van der Waals surface area contributed by atoms with Gasteiger partial charge >= 0.3 is 0 Å². The number of para-hydroxylation sites is 2. The lowest BCUT2D eigenvalue weighted by atomic mass is 9.96. The van der Waals surface area contributed by atoms with Gasteiger partial charge in [0.1, 0.15) is 0 Å². The first kappa shape index (κ1) is 42.4. The van der Waals surface area contributed by atoms with Gasteiger partial charge in [-0.3, -0.25) is 0 Å². The van der Waals surface area contributed by atoms with Crippen LogP contribution in [0, 0.1) is 20.4 Å². The van der Waals surface area contributed by atoms with Crippen LogP contribution in [0.15, 0.2) is 231 Å². The van der Waals surface area contributed by atoms with Crippen LogP contribution in [0.25, 0.3) is 127 Å². The van der Waals surface area contributed by atoms with Crippen LogP contribution >= 0.6 is 0 Å². The molecule has 0 radical (unpaired) electrons. The number of hydrogen-bond acceptors (Lipinski definition) is 3. The van der Waals surface area contributed by atoms with Crippen molar-refractivity contribution in [3.05, 3.63) is 253 Å². The van der Waals surface area contributed by atoms with Crippen molar-refractivity contribution in [2.45, 2.75) is 13.8 Å². The van der Waals surface area contributed by atoms with Crippen LogP contribution < -0.4 is 0 Å². The van der Waals surface area contributed by atoms with E-state index in [0.717, 1.165) is 93.9 Å². The molecule has 3 heterocycles. The summed E-state index contributed by atoms with van der Waals surface area (Å²) in [5.74, 6) is 1.69. The van der Waals surface area contributed by atoms with Crippen LogP contribution in [0.4, 0.5) is 5.69 Å². The maximum atomic E-state index is 8.90. The third-order valence-corrected chi connectivity index (χ3v) is 14.1. The zero-order valence-corrected chi connectivity index (χ0v) is 39.6. The standard InChI is InChI=1S/C66H44N6/c1-42-19-10-12-25-49(42)46-33-36-59-53(39-46)51-27-14-16-30-57(51)71(59)61-38-35-48(66-69-64(44-21-6-4-7-22-44)68-65(70-66)45-23-8-5-9-24-45)41-55(61)63-56(67-3)29-18-32-62(63)72-58-31-17-15-28-52(58)54-40-47(34-37-60(54)72)50-26-13-11-20-43(50)2/h4-41H,1-2H3. The van der Waals surface area contributed by atoms with Crippen molar-refractivity contribution in [1.29, 1.82) is 0 Å². The summed E-state index contributed by atoms with van der Waals surface area (Å²) in [6, 6.07) is 80.7. The molecule has 0 bridgehead atoms. The molecule has 13 aromatic rings. The summed E-state index contributed by atoms with van der Waals surface area (Å²) in [6.07, 6.45) is 0. The molecule has 0 spiro atoms. The normalized spacial score (nSPS) is 11.5. The highest BCUT2D eigenvalue weighted by Crippen LogP contribution is 2.46. The van der Waals surface area contributed by atoms with Crippen LogP contribution in [0.2, 0.25) is 0 Å². The Balaban J connectivity index is 1.12. The van der Waals surface area contributed by atoms with E-state index in [1.807, 2.05) is 72.8 Å². The second-order valence-electron chi connectivity index (χ2n) is 18.4. The van der Waals surface area contributed by atoms with E-state index in [0.29, 0.717) is 23.2 Å². The van der Waals surface area contributed by atoms with E-state index in [1.165, 1.54) is 22.3 Å². The first-order chi connectivity index (χ1) is 35.5. The summed E-state index contributed by atoms with van der Waals surface area (Å²) < 4.78 is 4.71. The van der Waals surface area contributed by atoms with Gasteiger partial charge in [-0.1, -0.05) is 170 Å². The largest absolute Gasteiger partial charge is 0.310 e. The Morgan fingerprint density at radius 3 is 1.31 bits per heavy atom. The molecule has 72 heavy (non-hydrogen) atoms. The fourth-order valence-corrected chi connectivity index (χ4v) is 10.7. The molecule has 13 rings (SSSR count). The van der Waals surface area contributed by atoms with Crippen molar-refractivity contribution in [2.75, 3.05) is 0 Å². The topological polar surface area (TPSA) is 52.9 Å². The molecule has 0 aliphatic rings. The fraction of sp³-hybridized carbons (Fsp3) is 0.0303.